The molecule has 33 heavy (non-hydrogen) atoms. The molecule has 1 aliphatic rings. The Labute approximate surface area is 193 Å². The van der Waals surface area contributed by atoms with Crippen LogP contribution in [-0.2, 0) is 19.1 Å². The van der Waals surface area contributed by atoms with Crippen molar-refractivity contribution in [3.63, 3.8) is 0 Å². The van der Waals surface area contributed by atoms with Crippen LogP contribution in [0.5, 0.6) is 0 Å². The van der Waals surface area contributed by atoms with Gasteiger partial charge in [-0.1, -0.05) is 51.1 Å². The highest BCUT2D eigenvalue weighted by Crippen LogP contribution is 2.36. The summed E-state index contributed by atoms with van der Waals surface area (Å²) in [5.41, 5.74) is 3.91. The smallest absolute Gasteiger partial charge is 0.329 e. The molecule has 176 valence electrons. The van der Waals surface area contributed by atoms with Crippen LogP contribution in [0.4, 0.5) is 23.7 Å². The number of fused-ring (bicyclic) bond motifs is 1. The number of amides is 2. The fourth-order valence-corrected chi connectivity index (χ4v) is 5.03. The number of urea groups is 1. The number of halogens is 3. The lowest BCUT2D eigenvalue weighted by Crippen LogP contribution is -2.38. The number of hydrogen-bond acceptors (Lipinski definition) is 5. The Balaban J connectivity index is 1.53. The number of thiophene rings is 1. The van der Waals surface area contributed by atoms with E-state index in [1.807, 2.05) is 18.2 Å². The average molecular weight is 479 g/mol. The van der Waals surface area contributed by atoms with Gasteiger partial charge in [0.05, 0.1) is 4.88 Å². The van der Waals surface area contributed by atoms with Crippen molar-refractivity contribution >= 4 is 23.1 Å². The number of carbonyl (C=O) groups is 1. The predicted molar refractivity (Wildman–Crippen MR) is 120 cm³/mol. The molecule has 0 fully saturated rings. The largest absolute Gasteiger partial charge is 0.471 e. The van der Waals surface area contributed by atoms with Crippen LogP contribution in [-0.4, -0.2) is 27.6 Å². The number of para-hydroxylation sites is 1. The molecule has 0 aliphatic carbocycles. The van der Waals surface area contributed by atoms with E-state index in [2.05, 4.69) is 47.7 Å². The normalized spacial score (nSPS) is 14.2. The molecular weight excluding hydrogens is 453 g/mol. The zero-order valence-corrected chi connectivity index (χ0v) is 19.6. The summed E-state index contributed by atoms with van der Waals surface area (Å²) in [5, 5.41) is 6.60. The third-order valence-corrected chi connectivity index (χ3v) is 6.88. The van der Waals surface area contributed by atoms with Crippen LogP contribution in [0.2, 0.25) is 0 Å². The Morgan fingerprint density at radius 3 is 2.42 bits per heavy atom. The first-order chi connectivity index (χ1) is 15.5. The van der Waals surface area contributed by atoms with Crippen molar-refractivity contribution in [2.45, 2.75) is 58.7 Å². The van der Waals surface area contributed by atoms with Gasteiger partial charge in [-0.2, -0.15) is 18.2 Å². The second-order valence-electron chi connectivity index (χ2n) is 8.70. The monoisotopic (exact) mass is 478 g/mol. The highest BCUT2D eigenvalue weighted by molar-refractivity contribution is 7.15. The average Bonchev–Trinajstić information content (AvgIpc) is 3.39. The van der Waals surface area contributed by atoms with Gasteiger partial charge in [0.15, 0.2) is 0 Å². The first-order valence-electron chi connectivity index (χ1n) is 10.8. The van der Waals surface area contributed by atoms with E-state index in [1.54, 1.807) is 11.0 Å². The van der Waals surface area contributed by atoms with Crippen molar-refractivity contribution in [1.29, 1.82) is 0 Å². The number of nitrogens with one attached hydrogen (secondary N) is 1. The van der Waals surface area contributed by atoms with Crippen molar-refractivity contribution < 1.29 is 22.5 Å². The van der Waals surface area contributed by atoms with Gasteiger partial charge in [0.2, 0.25) is 5.82 Å². The summed E-state index contributed by atoms with van der Waals surface area (Å²) in [6.07, 6.45) is -4.07. The van der Waals surface area contributed by atoms with Crippen molar-refractivity contribution in [3.8, 4) is 10.7 Å². The molecule has 10 heteroatoms. The molecule has 0 atom stereocenters. The second kappa shape index (κ2) is 8.81. The molecule has 0 saturated carbocycles. The van der Waals surface area contributed by atoms with Gasteiger partial charge >= 0.3 is 18.1 Å². The Bertz CT molecular complexity index is 1140. The summed E-state index contributed by atoms with van der Waals surface area (Å²) in [6, 6.07) is 7.63. The summed E-state index contributed by atoms with van der Waals surface area (Å²) >= 11 is 1.33. The van der Waals surface area contributed by atoms with Crippen molar-refractivity contribution in [2.75, 3.05) is 11.9 Å². The third kappa shape index (κ3) is 4.75. The molecule has 0 spiro atoms. The highest BCUT2D eigenvalue weighted by Gasteiger charge is 2.39. The van der Waals surface area contributed by atoms with E-state index < -0.39 is 12.1 Å². The molecule has 1 aliphatic heterocycles. The minimum absolute atomic E-state index is 0.0924. The maximum atomic E-state index is 13.2. The zero-order chi connectivity index (χ0) is 23.9. The number of anilines is 1. The molecule has 2 amide bonds. The van der Waals surface area contributed by atoms with Crippen LogP contribution in [0.15, 0.2) is 28.8 Å². The summed E-state index contributed by atoms with van der Waals surface area (Å²) in [7, 11) is 0. The molecule has 4 rings (SSSR count). The zero-order valence-electron chi connectivity index (χ0n) is 18.8. The summed E-state index contributed by atoms with van der Waals surface area (Å²) < 4.78 is 42.7. The molecule has 6 nitrogen and oxygen atoms in total. The van der Waals surface area contributed by atoms with Gasteiger partial charge in [0.25, 0.3) is 0 Å². The molecule has 3 aromatic rings. The summed E-state index contributed by atoms with van der Waals surface area (Å²) in [6.45, 7) is 9.26. The van der Waals surface area contributed by atoms with Gasteiger partial charge in [-0.05, 0) is 41.0 Å². The summed E-state index contributed by atoms with van der Waals surface area (Å²) in [5.74, 6) is -0.953. The molecule has 3 heterocycles. The first kappa shape index (κ1) is 23.3. The van der Waals surface area contributed by atoms with Gasteiger partial charge in [-0.3, -0.25) is 0 Å². The molecular formula is C23H25F3N4O2S. The van der Waals surface area contributed by atoms with Crippen LogP contribution in [0.1, 0.15) is 67.0 Å². The van der Waals surface area contributed by atoms with E-state index in [9.17, 15) is 18.0 Å². The number of rotatable bonds is 4. The Kier molecular flexibility index (Phi) is 6.22. The number of nitrogens with zero attached hydrogens (tertiary/aromatic N) is 3. The van der Waals surface area contributed by atoms with Crippen molar-refractivity contribution in [3.05, 3.63) is 51.7 Å². The van der Waals surface area contributed by atoms with Crippen LogP contribution in [0.25, 0.3) is 10.7 Å². The molecule has 0 radical (unpaired) electrons. The van der Waals surface area contributed by atoms with Gasteiger partial charge in [-0.15, -0.1) is 11.3 Å². The van der Waals surface area contributed by atoms with Crippen LogP contribution in [0, 0.1) is 0 Å². The fourth-order valence-electron chi connectivity index (χ4n) is 3.94. The van der Waals surface area contributed by atoms with Crippen molar-refractivity contribution in [2.24, 2.45) is 0 Å². The maximum Gasteiger partial charge on any atom is 0.471 e. The van der Waals surface area contributed by atoms with Crippen LogP contribution in [0.3, 0.4) is 0 Å². The SMILES string of the molecule is CC(C)c1cccc(C(C)C)c1NC(=O)N1CCc2sc(-c3noc(C(F)(F)F)n3)cc2C1. The lowest BCUT2D eigenvalue weighted by molar-refractivity contribution is -0.159. The highest BCUT2D eigenvalue weighted by atomic mass is 32.1. The Morgan fingerprint density at radius 1 is 1.18 bits per heavy atom. The number of carbonyl (C=O) groups excluding carboxylic acids is 1. The van der Waals surface area contributed by atoms with Crippen LogP contribution >= 0.6 is 11.3 Å². The van der Waals surface area contributed by atoms with E-state index in [4.69, 9.17) is 0 Å². The Hall–Kier alpha value is -2.88. The standard InChI is InChI=1S/C23H25F3N4O2S/c1-12(2)15-6-5-7-16(13(3)4)19(15)27-22(31)30-9-8-17-14(11-30)10-18(33-17)20-28-21(32-29-20)23(24,25)26/h5-7,10,12-13H,8-9,11H2,1-4H3,(H,27,31). The van der Waals surface area contributed by atoms with Gasteiger partial charge < -0.3 is 14.7 Å². The molecule has 0 saturated heterocycles. The lowest BCUT2D eigenvalue weighted by Gasteiger charge is -2.29. The first-order valence-corrected chi connectivity index (χ1v) is 11.6. The summed E-state index contributed by atoms with van der Waals surface area (Å²) in [4.78, 5) is 19.9. The fraction of sp³-hybridized carbons (Fsp3) is 0.435. The van der Waals surface area contributed by atoms with E-state index in [0.717, 1.165) is 27.3 Å². The predicted octanol–water partition coefficient (Wildman–Crippen LogP) is 6.65. The molecule has 2 aromatic heterocycles. The molecule has 1 N–H and O–H groups in total. The van der Waals surface area contributed by atoms with E-state index in [1.165, 1.54) is 11.3 Å². The number of benzene rings is 1. The molecule has 1 aromatic carbocycles. The van der Waals surface area contributed by atoms with Gasteiger partial charge in [-0.25, -0.2) is 4.79 Å². The molecule has 0 bridgehead atoms. The number of aromatic nitrogens is 2. The van der Waals surface area contributed by atoms with E-state index >= 15 is 0 Å². The lowest BCUT2D eigenvalue weighted by atomic mass is 9.92. The second-order valence-corrected chi connectivity index (χ2v) is 9.84. The minimum Gasteiger partial charge on any atom is -0.329 e. The maximum absolute atomic E-state index is 13.2. The minimum atomic E-state index is -4.68. The van der Waals surface area contributed by atoms with Crippen molar-refractivity contribution in [1.82, 2.24) is 15.0 Å². The van der Waals surface area contributed by atoms with E-state index in [-0.39, 0.29) is 23.7 Å². The topological polar surface area (TPSA) is 71.3 Å². The Morgan fingerprint density at radius 2 is 1.85 bits per heavy atom. The number of alkyl halides is 3. The third-order valence-electron chi connectivity index (χ3n) is 5.65. The van der Waals surface area contributed by atoms with Crippen LogP contribution < -0.4 is 5.32 Å². The van der Waals surface area contributed by atoms with E-state index in [0.29, 0.717) is 24.4 Å². The number of hydrogen-bond donors (Lipinski definition) is 1. The van der Waals surface area contributed by atoms with Gasteiger partial charge in [0.1, 0.15) is 0 Å². The van der Waals surface area contributed by atoms with Gasteiger partial charge in [0, 0.05) is 23.7 Å². The molecule has 0 unspecified atom stereocenters. The quantitative estimate of drug-likeness (QED) is 0.456.